The van der Waals surface area contributed by atoms with Crippen molar-refractivity contribution in [2.24, 2.45) is 0 Å². The summed E-state index contributed by atoms with van der Waals surface area (Å²) in [5.41, 5.74) is 2.24. The molecule has 0 radical (unpaired) electrons. The van der Waals surface area contributed by atoms with Gasteiger partial charge in [-0.15, -0.1) is 0 Å². The van der Waals surface area contributed by atoms with E-state index in [4.69, 9.17) is 0 Å². The SMILES string of the molecule is CCC1(N2Cc3c[nH]c4nccc(c34)C2=O)CCN(C(=O)O)CC1. The fraction of sp³-hybridized carbons (Fsp3) is 0.471. The molecule has 7 nitrogen and oxygen atoms in total. The molecule has 4 rings (SSSR count). The average Bonchev–Trinajstić information content (AvgIpc) is 3.02. The number of rotatable bonds is 2. The normalized spacial score (nSPS) is 19.8. The summed E-state index contributed by atoms with van der Waals surface area (Å²) in [5.74, 6) is 0.0279. The number of nitrogens with zero attached hydrogens (tertiary/aromatic N) is 3. The number of pyridine rings is 1. The Labute approximate surface area is 139 Å². The van der Waals surface area contributed by atoms with Crippen molar-refractivity contribution in [3.63, 3.8) is 0 Å². The quantitative estimate of drug-likeness (QED) is 0.886. The van der Waals surface area contributed by atoms with Crippen LogP contribution >= 0.6 is 0 Å². The molecule has 0 aromatic carbocycles. The second-order valence-electron chi connectivity index (χ2n) is 6.63. The van der Waals surface area contributed by atoms with Crippen LogP contribution in [0.2, 0.25) is 0 Å². The van der Waals surface area contributed by atoms with Crippen LogP contribution in [0.1, 0.15) is 42.1 Å². The van der Waals surface area contributed by atoms with Crippen LogP contribution in [0, 0.1) is 0 Å². The molecule has 0 atom stereocenters. The Morgan fingerprint density at radius 3 is 2.83 bits per heavy atom. The number of likely N-dealkylation sites (tertiary alicyclic amines) is 1. The Morgan fingerprint density at radius 2 is 2.17 bits per heavy atom. The molecule has 2 aromatic rings. The van der Waals surface area contributed by atoms with E-state index in [1.807, 2.05) is 11.1 Å². The lowest BCUT2D eigenvalue weighted by atomic mass is 9.81. The molecule has 1 saturated heterocycles. The predicted molar refractivity (Wildman–Crippen MR) is 87.8 cm³/mol. The molecule has 0 spiro atoms. The van der Waals surface area contributed by atoms with E-state index in [1.54, 1.807) is 12.3 Å². The van der Waals surface area contributed by atoms with Gasteiger partial charge in [0.2, 0.25) is 0 Å². The van der Waals surface area contributed by atoms with E-state index in [0.717, 1.165) is 23.0 Å². The molecule has 0 bridgehead atoms. The summed E-state index contributed by atoms with van der Waals surface area (Å²) >= 11 is 0. The molecular formula is C17H20N4O3. The number of hydrogen-bond donors (Lipinski definition) is 2. The van der Waals surface area contributed by atoms with Gasteiger partial charge in [-0.2, -0.15) is 0 Å². The highest BCUT2D eigenvalue weighted by molar-refractivity contribution is 6.08. The van der Waals surface area contributed by atoms with Gasteiger partial charge in [0, 0.05) is 43.0 Å². The summed E-state index contributed by atoms with van der Waals surface area (Å²) < 4.78 is 0. The summed E-state index contributed by atoms with van der Waals surface area (Å²) in [6.45, 7) is 3.58. The van der Waals surface area contributed by atoms with Crippen molar-refractivity contribution >= 4 is 23.0 Å². The van der Waals surface area contributed by atoms with E-state index in [2.05, 4.69) is 16.9 Å². The molecule has 24 heavy (non-hydrogen) atoms. The van der Waals surface area contributed by atoms with Crippen LogP contribution in [-0.2, 0) is 6.54 Å². The van der Waals surface area contributed by atoms with Crippen LogP contribution in [0.4, 0.5) is 4.79 Å². The summed E-state index contributed by atoms with van der Waals surface area (Å²) in [4.78, 5) is 35.1. The van der Waals surface area contributed by atoms with Gasteiger partial charge < -0.3 is 19.9 Å². The molecule has 2 N–H and O–H groups in total. The second-order valence-corrected chi connectivity index (χ2v) is 6.63. The summed E-state index contributed by atoms with van der Waals surface area (Å²) in [6.07, 6.45) is 4.88. The van der Waals surface area contributed by atoms with E-state index >= 15 is 0 Å². The van der Waals surface area contributed by atoms with Gasteiger partial charge in [0.15, 0.2) is 0 Å². The number of carboxylic acid groups (broad SMARTS) is 1. The van der Waals surface area contributed by atoms with Gasteiger partial charge in [-0.1, -0.05) is 6.92 Å². The molecule has 0 unspecified atom stereocenters. The maximum atomic E-state index is 13.1. The molecule has 2 aromatic heterocycles. The first-order valence-corrected chi connectivity index (χ1v) is 8.30. The lowest BCUT2D eigenvalue weighted by molar-refractivity contribution is 0.0139. The topological polar surface area (TPSA) is 89.5 Å². The zero-order valence-electron chi connectivity index (χ0n) is 13.6. The van der Waals surface area contributed by atoms with Crippen LogP contribution in [0.15, 0.2) is 18.5 Å². The third-order valence-electron chi connectivity index (χ3n) is 5.65. The lowest BCUT2D eigenvalue weighted by Crippen LogP contribution is -2.58. The summed E-state index contributed by atoms with van der Waals surface area (Å²) in [6, 6.07) is 1.78. The van der Waals surface area contributed by atoms with Gasteiger partial charge in [-0.3, -0.25) is 4.79 Å². The first-order valence-electron chi connectivity index (χ1n) is 8.30. The first-order chi connectivity index (χ1) is 11.6. The van der Waals surface area contributed by atoms with Gasteiger partial charge in [0.25, 0.3) is 5.91 Å². The molecule has 2 amide bonds. The van der Waals surface area contributed by atoms with E-state index in [9.17, 15) is 14.7 Å². The molecule has 0 aliphatic carbocycles. The van der Waals surface area contributed by atoms with Crippen molar-refractivity contribution in [3.8, 4) is 0 Å². The van der Waals surface area contributed by atoms with Crippen molar-refractivity contribution in [3.05, 3.63) is 29.6 Å². The molecule has 0 saturated carbocycles. The fourth-order valence-electron chi connectivity index (χ4n) is 4.13. The van der Waals surface area contributed by atoms with Crippen molar-refractivity contribution in [1.29, 1.82) is 0 Å². The maximum Gasteiger partial charge on any atom is 0.407 e. The number of hydrogen-bond acceptors (Lipinski definition) is 3. The highest BCUT2D eigenvalue weighted by Crippen LogP contribution is 2.39. The van der Waals surface area contributed by atoms with E-state index < -0.39 is 6.09 Å². The minimum atomic E-state index is -0.881. The third-order valence-corrected chi connectivity index (χ3v) is 5.65. The molecule has 2 aliphatic rings. The van der Waals surface area contributed by atoms with Crippen LogP contribution in [0.25, 0.3) is 11.0 Å². The van der Waals surface area contributed by atoms with Crippen LogP contribution in [0.3, 0.4) is 0 Å². The predicted octanol–water partition coefficient (Wildman–Crippen LogP) is 2.44. The molecule has 126 valence electrons. The smallest absolute Gasteiger partial charge is 0.407 e. The number of amides is 2. The Morgan fingerprint density at radius 1 is 1.42 bits per heavy atom. The highest BCUT2D eigenvalue weighted by atomic mass is 16.4. The molecule has 4 heterocycles. The van der Waals surface area contributed by atoms with E-state index in [0.29, 0.717) is 38.0 Å². The average molecular weight is 328 g/mol. The number of H-pyrrole nitrogens is 1. The highest BCUT2D eigenvalue weighted by Gasteiger charge is 2.44. The number of carbonyl (C=O) groups excluding carboxylic acids is 1. The monoisotopic (exact) mass is 328 g/mol. The Bertz CT molecular complexity index is 820. The van der Waals surface area contributed by atoms with Crippen LogP contribution < -0.4 is 0 Å². The number of aromatic amines is 1. The number of aromatic nitrogens is 2. The zero-order chi connectivity index (χ0) is 16.9. The fourth-order valence-corrected chi connectivity index (χ4v) is 4.13. The van der Waals surface area contributed by atoms with Gasteiger partial charge in [0.05, 0.1) is 5.56 Å². The number of nitrogens with one attached hydrogen (secondary N) is 1. The van der Waals surface area contributed by atoms with Crippen molar-refractivity contribution in [1.82, 2.24) is 19.8 Å². The zero-order valence-corrected chi connectivity index (χ0v) is 13.6. The Hall–Kier alpha value is -2.57. The summed E-state index contributed by atoms with van der Waals surface area (Å²) in [5, 5.41) is 10.1. The molecule has 1 fully saturated rings. The van der Waals surface area contributed by atoms with Crippen LogP contribution in [0.5, 0.6) is 0 Å². The van der Waals surface area contributed by atoms with Crippen molar-refractivity contribution in [2.75, 3.05) is 13.1 Å². The maximum absolute atomic E-state index is 13.1. The molecule has 7 heteroatoms. The van der Waals surface area contributed by atoms with Gasteiger partial charge in [0.1, 0.15) is 5.65 Å². The largest absolute Gasteiger partial charge is 0.465 e. The lowest BCUT2D eigenvalue weighted by Gasteiger charge is -2.49. The summed E-state index contributed by atoms with van der Waals surface area (Å²) in [7, 11) is 0. The van der Waals surface area contributed by atoms with Gasteiger partial charge >= 0.3 is 6.09 Å². The Kier molecular flexibility index (Phi) is 3.26. The van der Waals surface area contributed by atoms with Crippen LogP contribution in [-0.4, -0.2) is 55.5 Å². The van der Waals surface area contributed by atoms with E-state index in [-0.39, 0.29) is 11.4 Å². The third kappa shape index (κ3) is 2.00. The Balaban J connectivity index is 1.69. The number of piperidine rings is 1. The van der Waals surface area contributed by atoms with Crippen molar-refractivity contribution in [2.45, 2.75) is 38.3 Å². The van der Waals surface area contributed by atoms with Gasteiger partial charge in [-0.05, 0) is 30.9 Å². The first kappa shape index (κ1) is 15.0. The molecule has 2 aliphatic heterocycles. The standard InChI is InChI=1S/C17H20N4O3/c1-2-17(4-7-20(8-5-17)16(23)24)21-10-11-9-19-14-13(11)12(15(21)22)3-6-18-14/h3,6,9H,2,4-5,7-8,10H2,1H3,(H,18,19)(H,23,24). The van der Waals surface area contributed by atoms with Gasteiger partial charge in [-0.25, -0.2) is 9.78 Å². The minimum absolute atomic E-state index is 0.0279. The van der Waals surface area contributed by atoms with E-state index in [1.165, 1.54) is 4.90 Å². The number of carbonyl (C=O) groups is 2. The second kappa shape index (κ2) is 5.22. The minimum Gasteiger partial charge on any atom is -0.465 e. The van der Waals surface area contributed by atoms with Crippen molar-refractivity contribution < 1.29 is 14.7 Å². The molecular weight excluding hydrogens is 308 g/mol.